The van der Waals surface area contributed by atoms with E-state index in [1.165, 1.54) is 25.9 Å². The standard InChI is InChI=1S/C21H35N5O.HI/c1-17-9-13-26(14-10-17)15-12-24-21(22-2)23-11-8-18-6-5-7-19(16-18)20(27)25(3)4;/h5-7,16-17H,8-15H2,1-4H3,(H2,22,23,24);1H. The molecule has 0 bridgehead atoms. The van der Waals surface area contributed by atoms with Gasteiger partial charge in [-0.15, -0.1) is 24.0 Å². The number of carbonyl (C=O) groups excluding carboxylic acids is 1. The Kier molecular flexibility index (Phi) is 11.4. The summed E-state index contributed by atoms with van der Waals surface area (Å²) in [6.45, 7) is 7.49. The highest BCUT2D eigenvalue weighted by Crippen LogP contribution is 2.15. The molecule has 0 radical (unpaired) electrons. The predicted octanol–water partition coefficient (Wildman–Crippen LogP) is 2.45. The Morgan fingerprint density at radius 3 is 2.54 bits per heavy atom. The highest BCUT2D eigenvalue weighted by atomic mass is 127. The van der Waals surface area contributed by atoms with Crippen LogP contribution >= 0.6 is 24.0 Å². The number of likely N-dealkylation sites (tertiary alicyclic amines) is 1. The second-order valence-corrected chi connectivity index (χ2v) is 7.60. The van der Waals surface area contributed by atoms with Crippen molar-refractivity contribution < 1.29 is 4.79 Å². The van der Waals surface area contributed by atoms with Gasteiger partial charge in [0.2, 0.25) is 0 Å². The summed E-state index contributed by atoms with van der Waals surface area (Å²) < 4.78 is 0. The van der Waals surface area contributed by atoms with Crippen molar-refractivity contribution >= 4 is 35.8 Å². The maximum Gasteiger partial charge on any atom is 0.253 e. The van der Waals surface area contributed by atoms with Crippen LogP contribution in [0.3, 0.4) is 0 Å². The summed E-state index contributed by atoms with van der Waals surface area (Å²) in [7, 11) is 5.35. The summed E-state index contributed by atoms with van der Waals surface area (Å²) in [6.07, 6.45) is 3.46. The van der Waals surface area contributed by atoms with Crippen LogP contribution in [-0.2, 0) is 6.42 Å². The van der Waals surface area contributed by atoms with Gasteiger partial charge in [0.15, 0.2) is 5.96 Å². The number of rotatable bonds is 7. The highest BCUT2D eigenvalue weighted by molar-refractivity contribution is 14.0. The van der Waals surface area contributed by atoms with E-state index in [1.807, 2.05) is 18.2 Å². The number of hydrogen-bond donors (Lipinski definition) is 2. The van der Waals surface area contributed by atoms with E-state index >= 15 is 0 Å². The van der Waals surface area contributed by atoms with Crippen molar-refractivity contribution in [2.75, 3.05) is 53.9 Å². The topological polar surface area (TPSA) is 60.0 Å². The van der Waals surface area contributed by atoms with Gasteiger partial charge in [0.05, 0.1) is 0 Å². The van der Waals surface area contributed by atoms with E-state index < -0.39 is 0 Å². The van der Waals surface area contributed by atoms with Gasteiger partial charge in [-0.05, 0) is 56.0 Å². The van der Waals surface area contributed by atoms with E-state index in [-0.39, 0.29) is 29.9 Å². The van der Waals surface area contributed by atoms with Crippen molar-refractivity contribution in [2.24, 2.45) is 10.9 Å². The van der Waals surface area contributed by atoms with Crippen LogP contribution < -0.4 is 10.6 Å². The van der Waals surface area contributed by atoms with Crippen molar-refractivity contribution in [2.45, 2.75) is 26.2 Å². The third-order valence-corrected chi connectivity index (χ3v) is 5.11. The summed E-state index contributed by atoms with van der Waals surface area (Å²) in [5, 5.41) is 6.75. The molecular formula is C21H36IN5O. The number of nitrogens with zero attached hydrogens (tertiary/aromatic N) is 3. The Bertz CT molecular complexity index is 627. The molecule has 0 aromatic heterocycles. The van der Waals surface area contributed by atoms with Gasteiger partial charge < -0.3 is 20.4 Å². The number of guanidine groups is 1. The Hall–Kier alpha value is -1.35. The Balaban J connectivity index is 0.00000392. The van der Waals surface area contributed by atoms with Gasteiger partial charge in [0, 0.05) is 46.3 Å². The molecule has 0 unspecified atom stereocenters. The number of hydrogen-bond acceptors (Lipinski definition) is 3. The average Bonchev–Trinajstić information content (AvgIpc) is 2.67. The molecule has 0 aliphatic carbocycles. The van der Waals surface area contributed by atoms with Crippen LogP contribution in [0.2, 0.25) is 0 Å². The molecule has 7 heteroatoms. The van der Waals surface area contributed by atoms with E-state index in [2.05, 4.69) is 33.5 Å². The SMILES string of the molecule is CN=C(NCCc1cccc(C(=O)N(C)C)c1)NCCN1CCC(C)CC1.I. The fraction of sp³-hybridized carbons (Fsp3) is 0.619. The van der Waals surface area contributed by atoms with Crippen molar-refractivity contribution in [1.82, 2.24) is 20.4 Å². The second-order valence-electron chi connectivity index (χ2n) is 7.60. The van der Waals surface area contributed by atoms with Crippen LogP contribution in [0.25, 0.3) is 0 Å². The first-order valence-electron chi connectivity index (χ1n) is 9.97. The quantitative estimate of drug-likeness (QED) is 0.343. The van der Waals surface area contributed by atoms with Gasteiger partial charge in [-0.2, -0.15) is 0 Å². The van der Waals surface area contributed by atoms with Crippen LogP contribution in [0.1, 0.15) is 35.7 Å². The summed E-state index contributed by atoms with van der Waals surface area (Å²) in [4.78, 5) is 20.5. The first-order chi connectivity index (χ1) is 13.0. The molecule has 1 aliphatic rings. The zero-order valence-corrected chi connectivity index (χ0v) is 20.0. The molecule has 6 nitrogen and oxygen atoms in total. The number of aliphatic imine (C=N–C) groups is 1. The minimum absolute atomic E-state index is 0. The molecule has 1 aliphatic heterocycles. The average molecular weight is 501 g/mol. The number of benzene rings is 1. The smallest absolute Gasteiger partial charge is 0.253 e. The molecule has 0 spiro atoms. The Labute approximate surface area is 187 Å². The van der Waals surface area contributed by atoms with Crippen molar-refractivity contribution in [3.63, 3.8) is 0 Å². The minimum atomic E-state index is 0. The van der Waals surface area contributed by atoms with Gasteiger partial charge in [0.1, 0.15) is 0 Å². The van der Waals surface area contributed by atoms with E-state index in [0.717, 1.165) is 49.1 Å². The van der Waals surface area contributed by atoms with Crippen molar-refractivity contribution in [1.29, 1.82) is 0 Å². The summed E-state index contributed by atoms with van der Waals surface area (Å²) >= 11 is 0. The first kappa shape index (κ1) is 24.7. The zero-order valence-electron chi connectivity index (χ0n) is 17.7. The molecule has 2 rings (SSSR count). The number of piperidine rings is 1. The van der Waals surface area contributed by atoms with Crippen LogP contribution in [0.5, 0.6) is 0 Å². The number of carbonyl (C=O) groups is 1. The fourth-order valence-electron chi connectivity index (χ4n) is 3.28. The molecule has 2 N–H and O–H groups in total. The molecule has 0 atom stereocenters. The van der Waals surface area contributed by atoms with Crippen LogP contribution in [0.15, 0.2) is 29.3 Å². The van der Waals surface area contributed by atoms with Gasteiger partial charge in [-0.25, -0.2) is 0 Å². The summed E-state index contributed by atoms with van der Waals surface area (Å²) in [6, 6.07) is 7.83. The summed E-state index contributed by atoms with van der Waals surface area (Å²) in [5.41, 5.74) is 1.88. The third kappa shape index (κ3) is 8.34. The molecule has 28 heavy (non-hydrogen) atoms. The Morgan fingerprint density at radius 1 is 1.21 bits per heavy atom. The molecule has 1 saturated heterocycles. The normalized spacial score (nSPS) is 15.6. The van der Waals surface area contributed by atoms with E-state index in [9.17, 15) is 4.79 Å². The van der Waals surface area contributed by atoms with Crippen LogP contribution in [-0.4, -0.2) is 75.5 Å². The number of nitrogens with one attached hydrogen (secondary N) is 2. The number of amides is 1. The molecular weight excluding hydrogens is 465 g/mol. The van der Waals surface area contributed by atoms with E-state index in [1.54, 1.807) is 26.0 Å². The highest BCUT2D eigenvalue weighted by Gasteiger charge is 2.15. The lowest BCUT2D eigenvalue weighted by atomic mass is 9.99. The van der Waals surface area contributed by atoms with Gasteiger partial charge in [-0.1, -0.05) is 19.1 Å². The first-order valence-corrected chi connectivity index (χ1v) is 9.97. The minimum Gasteiger partial charge on any atom is -0.356 e. The molecule has 1 fully saturated rings. The second kappa shape index (κ2) is 13.0. The maximum atomic E-state index is 12.1. The van der Waals surface area contributed by atoms with Crippen LogP contribution in [0, 0.1) is 5.92 Å². The molecule has 1 heterocycles. The predicted molar refractivity (Wildman–Crippen MR) is 128 cm³/mol. The lowest BCUT2D eigenvalue weighted by molar-refractivity contribution is 0.0827. The number of halogens is 1. The fourth-order valence-corrected chi connectivity index (χ4v) is 3.28. The molecule has 0 saturated carbocycles. The summed E-state index contributed by atoms with van der Waals surface area (Å²) in [5.74, 6) is 1.74. The Morgan fingerprint density at radius 2 is 1.89 bits per heavy atom. The zero-order chi connectivity index (χ0) is 19.6. The third-order valence-electron chi connectivity index (χ3n) is 5.11. The molecule has 1 aromatic rings. The largest absolute Gasteiger partial charge is 0.356 e. The maximum absolute atomic E-state index is 12.1. The monoisotopic (exact) mass is 501 g/mol. The molecule has 1 aromatic carbocycles. The van der Waals surface area contributed by atoms with Crippen molar-refractivity contribution in [3.05, 3.63) is 35.4 Å². The lowest BCUT2D eigenvalue weighted by Gasteiger charge is -2.30. The van der Waals surface area contributed by atoms with Crippen molar-refractivity contribution in [3.8, 4) is 0 Å². The van der Waals surface area contributed by atoms with E-state index in [0.29, 0.717) is 0 Å². The van der Waals surface area contributed by atoms with Gasteiger partial charge >= 0.3 is 0 Å². The van der Waals surface area contributed by atoms with Crippen LogP contribution in [0.4, 0.5) is 0 Å². The lowest BCUT2D eigenvalue weighted by Crippen LogP contribution is -2.43. The molecule has 158 valence electrons. The van der Waals surface area contributed by atoms with Gasteiger partial charge in [-0.3, -0.25) is 9.79 Å². The molecule has 1 amide bonds. The van der Waals surface area contributed by atoms with Gasteiger partial charge in [0.25, 0.3) is 5.91 Å². The van der Waals surface area contributed by atoms with E-state index in [4.69, 9.17) is 0 Å².